The lowest BCUT2D eigenvalue weighted by Gasteiger charge is -2.06. The monoisotopic (exact) mass is 315 g/mol. The molecular formula is C12H11BrClNS. The third-order valence-electron chi connectivity index (χ3n) is 2.24. The summed E-state index contributed by atoms with van der Waals surface area (Å²) in [6.45, 7) is 1.68. The van der Waals surface area contributed by atoms with Gasteiger partial charge in [0, 0.05) is 22.6 Å². The number of rotatable bonds is 4. The highest BCUT2D eigenvalue weighted by atomic mass is 79.9. The van der Waals surface area contributed by atoms with Crippen molar-refractivity contribution in [2.24, 2.45) is 0 Å². The lowest BCUT2D eigenvalue weighted by Crippen LogP contribution is -2.12. The minimum absolute atomic E-state index is 0.794. The van der Waals surface area contributed by atoms with Gasteiger partial charge >= 0.3 is 0 Å². The Morgan fingerprint density at radius 1 is 1.25 bits per heavy atom. The van der Waals surface area contributed by atoms with Crippen LogP contribution in [0.25, 0.3) is 0 Å². The lowest BCUT2D eigenvalue weighted by atomic mass is 10.2. The third kappa shape index (κ3) is 3.32. The lowest BCUT2D eigenvalue weighted by molar-refractivity contribution is 0.695. The van der Waals surface area contributed by atoms with E-state index >= 15 is 0 Å². The molecule has 1 aromatic carbocycles. The van der Waals surface area contributed by atoms with Crippen LogP contribution in [0.1, 0.15) is 11.1 Å². The van der Waals surface area contributed by atoms with Gasteiger partial charge in [-0.2, -0.15) is 11.3 Å². The van der Waals surface area contributed by atoms with Crippen LogP contribution in [-0.2, 0) is 13.1 Å². The summed E-state index contributed by atoms with van der Waals surface area (Å²) in [5.41, 5.74) is 2.44. The second kappa shape index (κ2) is 5.82. The number of thiophene rings is 1. The van der Waals surface area contributed by atoms with Crippen LogP contribution >= 0.6 is 38.9 Å². The molecule has 1 heterocycles. The average Bonchev–Trinajstić information content (AvgIpc) is 2.74. The van der Waals surface area contributed by atoms with Crippen molar-refractivity contribution >= 4 is 38.9 Å². The smallest absolute Gasteiger partial charge is 0.0462 e. The molecular weight excluding hydrogens is 306 g/mol. The molecule has 4 heteroatoms. The zero-order chi connectivity index (χ0) is 11.4. The van der Waals surface area contributed by atoms with Crippen molar-refractivity contribution in [3.63, 3.8) is 0 Å². The van der Waals surface area contributed by atoms with Gasteiger partial charge in [-0.05, 0) is 40.1 Å². The van der Waals surface area contributed by atoms with Crippen LogP contribution in [-0.4, -0.2) is 0 Å². The summed E-state index contributed by atoms with van der Waals surface area (Å²) < 4.78 is 1.01. The van der Waals surface area contributed by atoms with Crippen LogP contribution < -0.4 is 5.32 Å². The Morgan fingerprint density at radius 2 is 2.12 bits per heavy atom. The number of nitrogens with one attached hydrogen (secondary N) is 1. The fourth-order valence-corrected chi connectivity index (χ4v) is 2.81. The summed E-state index contributed by atoms with van der Waals surface area (Å²) in [5, 5.41) is 8.41. The van der Waals surface area contributed by atoms with E-state index < -0.39 is 0 Å². The van der Waals surface area contributed by atoms with E-state index in [0.29, 0.717) is 0 Å². The van der Waals surface area contributed by atoms with Gasteiger partial charge < -0.3 is 5.32 Å². The number of hydrogen-bond donors (Lipinski definition) is 1. The Morgan fingerprint density at radius 3 is 2.81 bits per heavy atom. The van der Waals surface area contributed by atoms with E-state index in [2.05, 4.69) is 38.1 Å². The molecule has 0 radical (unpaired) electrons. The first-order valence-electron chi connectivity index (χ1n) is 4.91. The number of halogens is 2. The summed E-state index contributed by atoms with van der Waals surface area (Å²) in [7, 11) is 0. The van der Waals surface area contributed by atoms with Crippen molar-refractivity contribution in [2.75, 3.05) is 0 Å². The van der Waals surface area contributed by atoms with Crippen molar-refractivity contribution in [1.29, 1.82) is 0 Å². The van der Waals surface area contributed by atoms with Crippen LogP contribution in [0.3, 0.4) is 0 Å². The Kier molecular flexibility index (Phi) is 4.41. The zero-order valence-corrected chi connectivity index (χ0v) is 11.7. The zero-order valence-electron chi connectivity index (χ0n) is 8.54. The molecule has 0 spiro atoms. The molecule has 84 valence electrons. The average molecular weight is 317 g/mol. The summed E-state index contributed by atoms with van der Waals surface area (Å²) in [6.07, 6.45) is 0. The van der Waals surface area contributed by atoms with E-state index in [1.807, 2.05) is 18.2 Å². The maximum absolute atomic E-state index is 6.12. The van der Waals surface area contributed by atoms with Crippen molar-refractivity contribution in [3.8, 4) is 0 Å². The minimum atomic E-state index is 0.794. The Hall–Kier alpha value is -0.350. The summed E-state index contributed by atoms with van der Waals surface area (Å²) in [6, 6.07) is 8.09. The summed E-state index contributed by atoms with van der Waals surface area (Å²) >= 11 is 11.2. The van der Waals surface area contributed by atoms with E-state index in [0.717, 1.165) is 28.1 Å². The molecule has 2 rings (SSSR count). The molecule has 1 aromatic heterocycles. The molecule has 0 aliphatic heterocycles. The highest BCUT2D eigenvalue weighted by molar-refractivity contribution is 9.10. The van der Waals surface area contributed by atoms with Gasteiger partial charge in [-0.25, -0.2) is 0 Å². The van der Waals surface area contributed by atoms with Crippen LogP contribution in [0.2, 0.25) is 5.02 Å². The van der Waals surface area contributed by atoms with E-state index in [-0.39, 0.29) is 0 Å². The highest BCUT2D eigenvalue weighted by Crippen LogP contribution is 2.21. The Labute approximate surface area is 113 Å². The normalized spacial score (nSPS) is 10.6. The van der Waals surface area contributed by atoms with E-state index in [9.17, 15) is 0 Å². The van der Waals surface area contributed by atoms with Gasteiger partial charge in [0.1, 0.15) is 0 Å². The maximum Gasteiger partial charge on any atom is 0.0462 e. The molecule has 1 N–H and O–H groups in total. The predicted molar refractivity (Wildman–Crippen MR) is 74.0 cm³/mol. The van der Waals surface area contributed by atoms with Gasteiger partial charge in [0.25, 0.3) is 0 Å². The number of hydrogen-bond acceptors (Lipinski definition) is 2. The molecule has 0 saturated heterocycles. The van der Waals surface area contributed by atoms with Gasteiger partial charge in [-0.15, -0.1) is 0 Å². The van der Waals surface area contributed by atoms with Crippen LogP contribution in [0.5, 0.6) is 0 Å². The van der Waals surface area contributed by atoms with E-state index in [1.54, 1.807) is 11.3 Å². The van der Waals surface area contributed by atoms with Gasteiger partial charge in [0.2, 0.25) is 0 Å². The molecule has 0 atom stereocenters. The Balaban J connectivity index is 1.90. The fourth-order valence-electron chi connectivity index (χ4n) is 1.40. The van der Waals surface area contributed by atoms with Crippen molar-refractivity contribution in [2.45, 2.75) is 13.1 Å². The van der Waals surface area contributed by atoms with E-state index in [1.165, 1.54) is 5.56 Å². The highest BCUT2D eigenvalue weighted by Gasteiger charge is 2.00. The van der Waals surface area contributed by atoms with Crippen molar-refractivity contribution in [1.82, 2.24) is 5.32 Å². The first-order chi connectivity index (χ1) is 7.75. The maximum atomic E-state index is 6.12. The first kappa shape index (κ1) is 12.1. The van der Waals surface area contributed by atoms with Crippen LogP contribution in [0, 0.1) is 0 Å². The SMILES string of the molecule is Clc1cc(Br)ccc1CNCc1ccsc1. The molecule has 2 aromatic rings. The molecule has 0 amide bonds. The van der Waals surface area contributed by atoms with Gasteiger partial charge in [0.15, 0.2) is 0 Å². The molecule has 1 nitrogen and oxygen atoms in total. The molecule has 0 unspecified atom stereocenters. The molecule has 0 bridgehead atoms. The second-order valence-corrected chi connectivity index (χ2v) is 5.57. The third-order valence-corrected chi connectivity index (χ3v) is 3.82. The molecule has 0 aliphatic rings. The predicted octanol–water partition coefficient (Wildman–Crippen LogP) is 4.45. The van der Waals surface area contributed by atoms with Crippen LogP contribution in [0.4, 0.5) is 0 Å². The van der Waals surface area contributed by atoms with Crippen molar-refractivity contribution in [3.05, 3.63) is 55.6 Å². The fraction of sp³-hybridized carbons (Fsp3) is 0.167. The molecule has 0 fully saturated rings. The first-order valence-corrected chi connectivity index (χ1v) is 7.03. The largest absolute Gasteiger partial charge is 0.309 e. The quantitative estimate of drug-likeness (QED) is 0.878. The minimum Gasteiger partial charge on any atom is -0.309 e. The summed E-state index contributed by atoms with van der Waals surface area (Å²) in [4.78, 5) is 0. The number of benzene rings is 1. The summed E-state index contributed by atoms with van der Waals surface area (Å²) in [5.74, 6) is 0. The van der Waals surface area contributed by atoms with Gasteiger partial charge in [0.05, 0.1) is 0 Å². The Bertz CT molecular complexity index is 456. The van der Waals surface area contributed by atoms with Gasteiger partial charge in [-0.3, -0.25) is 0 Å². The van der Waals surface area contributed by atoms with E-state index in [4.69, 9.17) is 11.6 Å². The van der Waals surface area contributed by atoms with Gasteiger partial charge in [-0.1, -0.05) is 33.6 Å². The van der Waals surface area contributed by atoms with Crippen molar-refractivity contribution < 1.29 is 0 Å². The van der Waals surface area contributed by atoms with Crippen LogP contribution in [0.15, 0.2) is 39.5 Å². The second-order valence-electron chi connectivity index (χ2n) is 3.47. The topological polar surface area (TPSA) is 12.0 Å². The molecule has 0 saturated carbocycles. The molecule has 0 aliphatic carbocycles. The molecule has 16 heavy (non-hydrogen) atoms. The standard InChI is InChI=1S/C12H11BrClNS/c13-11-2-1-10(12(14)5-11)7-15-6-9-3-4-16-8-9/h1-5,8,15H,6-7H2.